The van der Waals surface area contributed by atoms with Crippen LogP contribution in [-0.2, 0) is 6.42 Å². The van der Waals surface area contributed by atoms with Gasteiger partial charge in [0.1, 0.15) is 0 Å². The number of nitrogens with one attached hydrogen (secondary N) is 3. The molecule has 0 fully saturated rings. The van der Waals surface area contributed by atoms with Crippen LogP contribution >= 0.6 is 11.3 Å². The van der Waals surface area contributed by atoms with Crippen LogP contribution in [0.2, 0.25) is 0 Å². The fourth-order valence-corrected chi connectivity index (χ4v) is 3.39. The first kappa shape index (κ1) is 20.0. The quantitative estimate of drug-likeness (QED) is 0.360. The summed E-state index contributed by atoms with van der Waals surface area (Å²) in [6, 6.07) is 13.5. The Morgan fingerprint density at radius 3 is 2.54 bits per heavy atom. The van der Waals surface area contributed by atoms with Gasteiger partial charge < -0.3 is 16.0 Å². The van der Waals surface area contributed by atoms with E-state index >= 15 is 0 Å². The lowest BCUT2D eigenvalue weighted by atomic mass is 10.1. The van der Waals surface area contributed by atoms with E-state index in [1.807, 2.05) is 30.3 Å². The van der Waals surface area contributed by atoms with Crippen LogP contribution in [0.1, 0.15) is 28.6 Å². The number of carbonyl (C=O) groups excluding carboxylic acids is 1. The van der Waals surface area contributed by atoms with E-state index in [1.54, 1.807) is 18.4 Å². The van der Waals surface area contributed by atoms with Gasteiger partial charge in [0.05, 0.1) is 0 Å². The standard InChI is InChI=1S/C20H28N4OS/c1-16(14-18-10-6-13-26-18)15-24-20(21-2)23-12-7-11-22-19(25)17-8-4-3-5-9-17/h3-6,8-10,13,16H,7,11-12,14-15H2,1-2H3,(H,22,25)(H2,21,23,24). The Morgan fingerprint density at radius 1 is 1.08 bits per heavy atom. The van der Waals surface area contributed by atoms with Crippen molar-refractivity contribution in [1.29, 1.82) is 0 Å². The van der Waals surface area contributed by atoms with Gasteiger partial charge in [-0.05, 0) is 42.3 Å². The molecule has 1 heterocycles. The third kappa shape index (κ3) is 7.27. The molecule has 5 nitrogen and oxygen atoms in total. The maximum atomic E-state index is 11.9. The Hall–Kier alpha value is -2.34. The van der Waals surface area contributed by atoms with Crippen molar-refractivity contribution in [1.82, 2.24) is 16.0 Å². The molecular formula is C20H28N4OS. The highest BCUT2D eigenvalue weighted by Crippen LogP contribution is 2.13. The van der Waals surface area contributed by atoms with E-state index in [0.717, 1.165) is 31.9 Å². The first-order valence-corrected chi connectivity index (χ1v) is 9.87. The van der Waals surface area contributed by atoms with Gasteiger partial charge in [0.15, 0.2) is 5.96 Å². The molecule has 6 heteroatoms. The highest BCUT2D eigenvalue weighted by Gasteiger charge is 2.06. The van der Waals surface area contributed by atoms with E-state index < -0.39 is 0 Å². The van der Waals surface area contributed by atoms with E-state index in [2.05, 4.69) is 45.4 Å². The molecule has 1 aromatic carbocycles. The average Bonchev–Trinajstić information content (AvgIpc) is 3.17. The minimum atomic E-state index is -0.0319. The summed E-state index contributed by atoms with van der Waals surface area (Å²) in [6.07, 6.45) is 1.91. The van der Waals surface area contributed by atoms with Gasteiger partial charge in [-0.2, -0.15) is 0 Å². The lowest BCUT2D eigenvalue weighted by molar-refractivity contribution is 0.0953. The molecule has 0 spiro atoms. The van der Waals surface area contributed by atoms with Crippen LogP contribution in [0.3, 0.4) is 0 Å². The number of nitrogens with zero attached hydrogens (tertiary/aromatic N) is 1. The molecule has 0 bridgehead atoms. The molecule has 0 aliphatic carbocycles. The van der Waals surface area contributed by atoms with Crippen molar-refractivity contribution in [2.45, 2.75) is 19.8 Å². The second kappa shape index (κ2) is 11.3. The van der Waals surface area contributed by atoms with Crippen LogP contribution in [0.25, 0.3) is 0 Å². The summed E-state index contributed by atoms with van der Waals surface area (Å²) in [4.78, 5) is 17.6. The third-order valence-corrected chi connectivity index (χ3v) is 4.84. The SMILES string of the molecule is CN=C(NCCCNC(=O)c1ccccc1)NCC(C)Cc1cccs1. The van der Waals surface area contributed by atoms with Gasteiger partial charge in [-0.15, -0.1) is 11.3 Å². The Kier molecular flexibility index (Phi) is 8.69. The zero-order chi connectivity index (χ0) is 18.6. The fraction of sp³-hybridized carbons (Fsp3) is 0.400. The smallest absolute Gasteiger partial charge is 0.251 e. The van der Waals surface area contributed by atoms with Crippen molar-refractivity contribution >= 4 is 23.2 Å². The van der Waals surface area contributed by atoms with Gasteiger partial charge in [-0.25, -0.2) is 0 Å². The molecular weight excluding hydrogens is 344 g/mol. The highest BCUT2D eigenvalue weighted by molar-refractivity contribution is 7.09. The molecule has 2 rings (SSSR count). The second-order valence-electron chi connectivity index (χ2n) is 6.24. The highest BCUT2D eigenvalue weighted by atomic mass is 32.1. The van der Waals surface area contributed by atoms with Crippen molar-refractivity contribution in [3.05, 3.63) is 58.3 Å². The van der Waals surface area contributed by atoms with Crippen LogP contribution in [0.5, 0.6) is 0 Å². The predicted octanol–water partition coefficient (Wildman–Crippen LogP) is 2.91. The number of carbonyl (C=O) groups is 1. The molecule has 3 N–H and O–H groups in total. The monoisotopic (exact) mass is 372 g/mol. The average molecular weight is 373 g/mol. The van der Waals surface area contributed by atoms with Crippen LogP contribution in [0.15, 0.2) is 52.8 Å². The van der Waals surface area contributed by atoms with E-state index in [4.69, 9.17) is 0 Å². The van der Waals surface area contributed by atoms with Crippen molar-refractivity contribution < 1.29 is 4.79 Å². The van der Waals surface area contributed by atoms with Crippen LogP contribution in [-0.4, -0.2) is 38.5 Å². The van der Waals surface area contributed by atoms with Crippen LogP contribution in [0.4, 0.5) is 0 Å². The van der Waals surface area contributed by atoms with Gasteiger partial charge in [0.25, 0.3) is 5.91 Å². The molecule has 1 unspecified atom stereocenters. The van der Waals surface area contributed by atoms with Crippen molar-refractivity contribution in [3.63, 3.8) is 0 Å². The maximum Gasteiger partial charge on any atom is 0.251 e. The predicted molar refractivity (Wildman–Crippen MR) is 110 cm³/mol. The molecule has 140 valence electrons. The Morgan fingerprint density at radius 2 is 1.85 bits per heavy atom. The number of hydrogen-bond acceptors (Lipinski definition) is 3. The summed E-state index contributed by atoms with van der Waals surface area (Å²) in [7, 11) is 1.77. The summed E-state index contributed by atoms with van der Waals surface area (Å²) in [6.45, 7) is 4.50. The van der Waals surface area contributed by atoms with Gasteiger partial charge in [0, 0.05) is 37.1 Å². The van der Waals surface area contributed by atoms with Gasteiger partial charge in [-0.3, -0.25) is 9.79 Å². The first-order valence-electron chi connectivity index (χ1n) is 8.99. The Bertz CT molecular complexity index is 670. The number of benzene rings is 1. The number of rotatable bonds is 9. The lowest BCUT2D eigenvalue weighted by Crippen LogP contribution is -2.40. The molecule has 1 aromatic heterocycles. The molecule has 0 radical (unpaired) electrons. The molecule has 2 aromatic rings. The van der Waals surface area contributed by atoms with E-state index in [-0.39, 0.29) is 5.91 Å². The zero-order valence-corrected chi connectivity index (χ0v) is 16.3. The minimum Gasteiger partial charge on any atom is -0.356 e. The molecule has 0 saturated heterocycles. The van der Waals surface area contributed by atoms with Gasteiger partial charge in [-0.1, -0.05) is 31.2 Å². The van der Waals surface area contributed by atoms with Crippen molar-refractivity contribution in [2.24, 2.45) is 10.9 Å². The molecule has 1 atom stereocenters. The first-order chi connectivity index (χ1) is 12.7. The van der Waals surface area contributed by atoms with E-state index in [1.165, 1.54) is 4.88 Å². The summed E-state index contributed by atoms with van der Waals surface area (Å²) < 4.78 is 0. The van der Waals surface area contributed by atoms with Crippen molar-refractivity contribution in [2.75, 3.05) is 26.7 Å². The van der Waals surface area contributed by atoms with Gasteiger partial charge in [0.2, 0.25) is 0 Å². The Balaban J connectivity index is 1.58. The maximum absolute atomic E-state index is 11.9. The van der Waals surface area contributed by atoms with Crippen LogP contribution < -0.4 is 16.0 Å². The van der Waals surface area contributed by atoms with E-state index in [0.29, 0.717) is 18.0 Å². The molecule has 0 aliphatic heterocycles. The topological polar surface area (TPSA) is 65.5 Å². The summed E-state index contributed by atoms with van der Waals surface area (Å²) in [5.41, 5.74) is 0.692. The second-order valence-corrected chi connectivity index (χ2v) is 7.28. The number of hydrogen-bond donors (Lipinski definition) is 3. The largest absolute Gasteiger partial charge is 0.356 e. The Labute approximate surface area is 159 Å². The molecule has 0 saturated carbocycles. The molecule has 1 amide bonds. The van der Waals surface area contributed by atoms with Gasteiger partial charge >= 0.3 is 0 Å². The lowest BCUT2D eigenvalue weighted by Gasteiger charge is -2.15. The van der Waals surface area contributed by atoms with Crippen molar-refractivity contribution in [3.8, 4) is 0 Å². The summed E-state index contributed by atoms with van der Waals surface area (Å²) >= 11 is 1.80. The molecule has 26 heavy (non-hydrogen) atoms. The van der Waals surface area contributed by atoms with Crippen LogP contribution in [0, 0.1) is 5.92 Å². The molecule has 0 aliphatic rings. The third-order valence-electron chi connectivity index (χ3n) is 3.94. The number of amides is 1. The minimum absolute atomic E-state index is 0.0319. The number of thiophene rings is 1. The summed E-state index contributed by atoms with van der Waals surface area (Å²) in [5.74, 6) is 1.31. The zero-order valence-electron chi connectivity index (χ0n) is 15.5. The van der Waals surface area contributed by atoms with E-state index in [9.17, 15) is 4.79 Å². The fourth-order valence-electron chi connectivity index (χ4n) is 2.52. The number of guanidine groups is 1. The summed E-state index contributed by atoms with van der Waals surface area (Å²) in [5, 5.41) is 11.7. The normalized spacial score (nSPS) is 12.5. The number of aliphatic imine (C=N–C) groups is 1.